The van der Waals surface area contributed by atoms with E-state index in [4.69, 9.17) is 4.74 Å². The molecular weight excluding hydrogens is 212 g/mol. The second-order valence-corrected chi connectivity index (χ2v) is 4.66. The molecule has 0 aromatic carbocycles. The van der Waals surface area contributed by atoms with Crippen LogP contribution in [0, 0.1) is 0 Å². The zero-order valence-corrected chi connectivity index (χ0v) is 10.4. The number of hydrogen-bond acceptors (Lipinski definition) is 3. The van der Waals surface area contributed by atoms with Gasteiger partial charge in [-0.25, -0.2) is 0 Å². The number of hydrogen-bond donors (Lipinski definition) is 1. The molecule has 94 valence electrons. The van der Waals surface area contributed by atoms with Crippen LogP contribution in [-0.4, -0.2) is 24.2 Å². The van der Waals surface area contributed by atoms with Crippen LogP contribution in [-0.2, 0) is 11.3 Å². The lowest BCUT2D eigenvalue weighted by Gasteiger charge is -2.23. The van der Waals surface area contributed by atoms with E-state index in [2.05, 4.69) is 10.3 Å². The van der Waals surface area contributed by atoms with Gasteiger partial charge in [0.05, 0.1) is 12.3 Å². The second kappa shape index (κ2) is 7.41. The first-order valence-corrected chi connectivity index (χ1v) is 6.66. The van der Waals surface area contributed by atoms with Crippen molar-refractivity contribution in [3.05, 3.63) is 30.1 Å². The minimum atomic E-state index is 0.638. The Morgan fingerprint density at radius 1 is 1.35 bits per heavy atom. The average molecular weight is 234 g/mol. The van der Waals surface area contributed by atoms with E-state index in [1.165, 1.54) is 32.2 Å². The summed E-state index contributed by atoms with van der Waals surface area (Å²) in [6, 6.07) is 6.65. The fourth-order valence-electron chi connectivity index (χ4n) is 2.26. The summed E-state index contributed by atoms with van der Waals surface area (Å²) < 4.78 is 5.62. The molecule has 0 aliphatic carbocycles. The van der Waals surface area contributed by atoms with Crippen molar-refractivity contribution in [1.29, 1.82) is 0 Å². The molecule has 0 amide bonds. The minimum Gasteiger partial charge on any atom is -0.375 e. The largest absolute Gasteiger partial charge is 0.375 e. The van der Waals surface area contributed by atoms with Crippen LogP contribution in [0.4, 0.5) is 0 Å². The number of ether oxygens (including phenoxy) is 1. The highest BCUT2D eigenvalue weighted by molar-refractivity contribution is 5.01. The van der Waals surface area contributed by atoms with Gasteiger partial charge in [0.2, 0.25) is 0 Å². The lowest BCUT2D eigenvalue weighted by molar-refractivity contribution is 0.111. The van der Waals surface area contributed by atoms with E-state index in [9.17, 15) is 0 Å². The van der Waals surface area contributed by atoms with Gasteiger partial charge in [0.15, 0.2) is 0 Å². The van der Waals surface area contributed by atoms with E-state index in [1.807, 2.05) is 24.4 Å². The predicted molar refractivity (Wildman–Crippen MR) is 68.8 cm³/mol. The molecule has 0 unspecified atom stereocenters. The molecule has 0 spiro atoms. The molecule has 0 bridgehead atoms. The summed E-state index contributed by atoms with van der Waals surface area (Å²) in [5, 5.41) is 3.56. The Morgan fingerprint density at radius 3 is 3.12 bits per heavy atom. The number of piperidine rings is 1. The third kappa shape index (κ3) is 4.84. The molecule has 1 aliphatic heterocycles. The lowest BCUT2D eigenvalue weighted by atomic mass is 10.0. The Hall–Kier alpha value is -0.930. The topological polar surface area (TPSA) is 34.1 Å². The summed E-state index contributed by atoms with van der Waals surface area (Å²) in [6.45, 7) is 2.67. The molecule has 0 radical (unpaired) electrons. The van der Waals surface area contributed by atoms with Crippen LogP contribution in [0.3, 0.4) is 0 Å². The molecule has 2 heterocycles. The molecule has 1 fully saturated rings. The quantitative estimate of drug-likeness (QED) is 0.768. The summed E-state index contributed by atoms with van der Waals surface area (Å²) >= 11 is 0. The predicted octanol–water partition coefficient (Wildman–Crippen LogP) is 2.52. The molecule has 17 heavy (non-hydrogen) atoms. The Balaban J connectivity index is 1.51. The Bertz CT molecular complexity index is 296. The molecule has 1 aromatic rings. The van der Waals surface area contributed by atoms with Crippen LogP contribution < -0.4 is 5.32 Å². The van der Waals surface area contributed by atoms with Crippen LogP contribution in [0.5, 0.6) is 0 Å². The summed E-state index contributed by atoms with van der Waals surface area (Å²) in [5.74, 6) is 0. The number of rotatable bonds is 6. The standard InChI is InChI=1S/C14H22N2O/c1-3-9-15-13(6-1)8-5-11-17-12-14-7-2-4-10-16-14/h2,4,7,10,13,15H,1,3,5-6,8-9,11-12H2/t13-/m0/s1. The van der Waals surface area contributed by atoms with Crippen molar-refractivity contribution in [2.24, 2.45) is 0 Å². The Labute approximate surface area is 104 Å². The van der Waals surface area contributed by atoms with E-state index >= 15 is 0 Å². The molecule has 2 rings (SSSR count). The molecule has 0 saturated carbocycles. The first-order chi connectivity index (χ1) is 8.45. The van der Waals surface area contributed by atoms with Gasteiger partial charge in [0, 0.05) is 18.8 Å². The molecule has 1 N–H and O–H groups in total. The van der Waals surface area contributed by atoms with Crippen molar-refractivity contribution in [3.63, 3.8) is 0 Å². The van der Waals surface area contributed by atoms with E-state index in [0.717, 1.165) is 24.8 Å². The summed E-state index contributed by atoms with van der Waals surface area (Å²) in [6.07, 6.45) is 8.25. The van der Waals surface area contributed by atoms with Crippen LogP contribution in [0.15, 0.2) is 24.4 Å². The van der Waals surface area contributed by atoms with Gasteiger partial charge in [-0.1, -0.05) is 12.5 Å². The maximum absolute atomic E-state index is 5.62. The zero-order valence-electron chi connectivity index (χ0n) is 10.4. The number of aromatic nitrogens is 1. The maximum atomic E-state index is 5.62. The number of pyridine rings is 1. The van der Waals surface area contributed by atoms with Gasteiger partial charge in [-0.15, -0.1) is 0 Å². The van der Waals surface area contributed by atoms with E-state index in [-0.39, 0.29) is 0 Å². The van der Waals surface area contributed by atoms with Gasteiger partial charge in [-0.3, -0.25) is 4.98 Å². The van der Waals surface area contributed by atoms with Gasteiger partial charge in [0.1, 0.15) is 0 Å². The maximum Gasteiger partial charge on any atom is 0.0887 e. The molecule has 3 nitrogen and oxygen atoms in total. The van der Waals surface area contributed by atoms with E-state index in [1.54, 1.807) is 0 Å². The number of nitrogens with one attached hydrogen (secondary N) is 1. The minimum absolute atomic E-state index is 0.638. The van der Waals surface area contributed by atoms with Crippen molar-refractivity contribution < 1.29 is 4.74 Å². The van der Waals surface area contributed by atoms with Crippen molar-refractivity contribution in [2.75, 3.05) is 13.2 Å². The van der Waals surface area contributed by atoms with Gasteiger partial charge < -0.3 is 10.1 Å². The van der Waals surface area contributed by atoms with Crippen molar-refractivity contribution in [2.45, 2.75) is 44.8 Å². The molecule has 1 saturated heterocycles. The van der Waals surface area contributed by atoms with Crippen LogP contribution in [0.1, 0.15) is 37.8 Å². The fourth-order valence-corrected chi connectivity index (χ4v) is 2.26. The average Bonchev–Trinajstić information content (AvgIpc) is 2.41. The van der Waals surface area contributed by atoms with E-state index < -0.39 is 0 Å². The van der Waals surface area contributed by atoms with Crippen LogP contribution in [0.2, 0.25) is 0 Å². The van der Waals surface area contributed by atoms with Crippen LogP contribution in [0.25, 0.3) is 0 Å². The third-order valence-electron chi connectivity index (χ3n) is 3.23. The zero-order chi connectivity index (χ0) is 11.8. The fraction of sp³-hybridized carbons (Fsp3) is 0.643. The van der Waals surface area contributed by atoms with Gasteiger partial charge in [0.25, 0.3) is 0 Å². The highest BCUT2D eigenvalue weighted by Gasteiger charge is 2.11. The highest BCUT2D eigenvalue weighted by Crippen LogP contribution is 2.11. The first-order valence-electron chi connectivity index (χ1n) is 6.66. The van der Waals surface area contributed by atoms with Crippen LogP contribution >= 0.6 is 0 Å². The van der Waals surface area contributed by atoms with Crippen molar-refractivity contribution in [1.82, 2.24) is 10.3 Å². The normalized spacial score (nSPS) is 20.4. The summed E-state index contributed by atoms with van der Waals surface area (Å²) in [5.41, 5.74) is 1.02. The molecule has 1 aromatic heterocycles. The smallest absolute Gasteiger partial charge is 0.0887 e. The molecule has 3 heteroatoms. The summed E-state index contributed by atoms with van der Waals surface area (Å²) in [4.78, 5) is 4.23. The number of nitrogens with zero attached hydrogens (tertiary/aromatic N) is 1. The van der Waals surface area contributed by atoms with Crippen molar-refractivity contribution in [3.8, 4) is 0 Å². The highest BCUT2D eigenvalue weighted by atomic mass is 16.5. The lowest BCUT2D eigenvalue weighted by Crippen LogP contribution is -2.33. The molecular formula is C14H22N2O. The van der Waals surface area contributed by atoms with Gasteiger partial charge in [-0.2, -0.15) is 0 Å². The SMILES string of the molecule is c1ccc(COCCC[C@@H]2CCCCN2)nc1. The van der Waals surface area contributed by atoms with Gasteiger partial charge >= 0.3 is 0 Å². The Morgan fingerprint density at radius 2 is 2.35 bits per heavy atom. The molecule has 1 aliphatic rings. The third-order valence-corrected chi connectivity index (χ3v) is 3.23. The Kier molecular flexibility index (Phi) is 5.46. The summed E-state index contributed by atoms with van der Waals surface area (Å²) in [7, 11) is 0. The monoisotopic (exact) mass is 234 g/mol. The van der Waals surface area contributed by atoms with E-state index in [0.29, 0.717) is 6.61 Å². The second-order valence-electron chi connectivity index (χ2n) is 4.66. The first kappa shape index (κ1) is 12.5. The van der Waals surface area contributed by atoms with Crippen molar-refractivity contribution >= 4 is 0 Å². The molecule has 1 atom stereocenters. The van der Waals surface area contributed by atoms with Gasteiger partial charge in [-0.05, 0) is 44.4 Å².